The maximum absolute atomic E-state index is 12.3. The van der Waals surface area contributed by atoms with Crippen LogP contribution in [0.4, 0.5) is 5.69 Å². The van der Waals surface area contributed by atoms with Crippen LogP contribution in [0.1, 0.15) is 5.56 Å². The van der Waals surface area contributed by atoms with Crippen molar-refractivity contribution in [2.24, 2.45) is 0 Å². The van der Waals surface area contributed by atoms with E-state index in [1.54, 1.807) is 13.4 Å². The average molecular weight is 412 g/mol. The van der Waals surface area contributed by atoms with Gasteiger partial charge in [-0.3, -0.25) is 9.36 Å². The lowest BCUT2D eigenvalue weighted by Gasteiger charge is -2.10. The molecule has 3 rings (SSSR count). The molecule has 0 unspecified atom stereocenters. The summed E-state index contributed by atoms with van der Waals surface area (Å²) in [6.07, 6.45) is 2.62. The Balaban J connectivity index is 1.54. The number of nitrogens with one attached hydrogen (secondary N) is 1. The summed E-state index contributed by atoms with van der Waals surface area (Å²) in [6.45, 7) is 0.997. The fourth-order valence-electron chi connectivity index (χ4n) is 2.68. The number of aromatic nitrogens is 3. The van der Waals surface area contributed by atoms with E-state index in [1.165, 1.54) is 17.3 Å². The average Bonchev–Trinajstić information content (AvgIpc) is 3.20. The van der Waals surface area contributed by atoms with Gasteiger partial charge >= 0.3 is 0 Å². The van der Waals surface area contributed by atoms with Crippen molar-refractivity contribution in [1.82, 2.24) is 19.7 Å². The summed E-state index contributed by atoms with van der Waals surface area (Å²) >= 11 is 1.34. The SMILES string of the molecule is COc1ccc(-n2cnnc2SCC(=O)Nc2ccc(CCN(C)C)cc2)cc1. The topological polar surface area (TPSA) is 72.3 Å². The predicted molar refractivity (Wildman–Crippen MR) is 116 cm³/mol. The highest BCUT2D eigenvalue weighted by Crippen LogP contribution is 2.21. The Morgan fingerprint density at radius 3 is 2.52 bits per heavy atom. The molecular formula is C21H25N5O2S. The minimum Gasteiger partial charge on any atom is -0.497 e. The van der Waals surface area contributed by atoms with E-state index in [4.69, 9.17) is 4.74 Å². The minimum atomic E-state index is -0.0830. The van der Waals surface area contributed by atoms with Crippen LogP contribution in [0, 0.1) is 0 Å². The van der Waals surface area contributed by atoms with Gasteiger partial charge in [-0.15, -0.1) is 10.2 Å². The van der Waals surface area contributed by atoms with E-state index in [-0.39, 0.29) is 11.7 Å². The first-order valence-corrected chi connectivity index (χ1v) is 10.2. The summed E-state index contributed by atoms with van der Waals surface area (Å²) in [5.41, 5.74) is 2.95. The molecule has 2 aromatic carbocycles. The molecule has 152 valence electrons. The zero-order valence-electron chi connectivity index (χ0n) is 16.8. The number of hydrogen-bond donors (Lipinski definition) is 1. The summed E-state index contributed by atoms with van der Waals surface area (Å²) in [7, 11) is 5.74. The second-order valence-electron chi connectivity index (χ2n) is 6.77. The number of amides is 1. The first-order valence-electron chi connectivity index (χ1n) is 9.26. The lowest BCUT2D eigenvalue weighted by molar-refractivity contribution is -0.113. The second-order valence-corrected chi connectivity index (χ2v) is 7.71. The van der Waals surface area contributed by atoms with Gasteiger partial charge in [-0.25, -0.2) is 0 Å². The number of rotatable bonds is 9. The molecule has 29 heavy (non-hydrogen) atoms. The number of nitrogens with zero attached hydrogens (tertiary/aromatic N) is 4. The summed E-state index contributed by atoms with van der Waals surface area (Å²) in [4.78, 5) is 14.5. The van der Waals surface area contributed by atoms with Crippen molar-refractivity contribution in [2.45, 2.75) is 11.6 Å². The molecule has 3 aromatic rings. The van der Waals surface area contributed by atoms with E-state index in [0.717, 1.165) is 30.1 Å². The largest absolute Gasteiger partial charge is 0.497 e. The molecule has 7 nitrogen and oxygen atoms in total. The molecular weight excluding hydrogens is 386 g/mol. The first kappa shape index (κ1) is 20.9. The van der Waals surface area contributed by atoms with Crippen LogP contribution in [0.2, 0.25) is 0 Å². The van der Waals surface area contributed by atoms with Crippen LogP contribution >= 0.6 is 11.8 Å². The molecule has 0 aliphatic carbocycles. The van der Waals surface area contributed by atoms with Gasteiger partial charge in [0.25, 0.3) is 0 Å². The second kappa shape index (κ2) is 10.1. The van der Waals surface area contributed by atoms with Gasteiger partial charge in [-0.1, -0.05) is 23.9 Å². The van der Waals surface area contributed by atoms with Gasteiger partial charge in [0, 0.05) is 17.9 Å². The van der Waals surface area contributed by atoms with Gasteiger partial charge in [0.15, 0.2) is 5.16 Å². The summed E-state index contributed by atoms with van der Waals surface area (Å²) in [5.74, 6) is 0.945. The van der Waals surface area contributed by atoms with Gasteiger partial charge in [0.2, 0.25) is 5.91 Å². The highest BCUT2D eigenvalue weighted by molar-refractivity contribution is 7.99. The smallest absolute Gasteiger partial charge is 0.234 e. The van der Waals surface area contributed by atoms with Crippen molar-refractivity contribution in [3.8, 4) is 11.4 Å². The van der Waals surface area contributed by atoms with Crippen LogP contribution < -0.4 is 10.1 Å². The van der Waals surface area contributed by atoms with E-state index in [2.05, 4.69) is 34.5 Å². The number of thioether (sulfide) groups is 1. The van der Waals surface area contributed by atoms with Crippen molar-refractivity contribution in [3.63, 3.8) is 0 Å². The Kier molecular flexibility index (Phi) is 7.26. The highest BCUT2D eigenvalue weighted by Gasteiger charge is 2.11. The quantitative estimate of drug-likeness (QED) is 0.546. The molecule has 0 radical (unpaired) electrons. The van der Waals surface area contributed by atoms with Gasteiger partial charge in [0.05, 0.1) is 12.9 Å². The molecule has 1 aromatic heterocycles. The van der Waals surface area contributed by atoms with E-state index in [1.807, 2.05) is 53.1 Å². The fourth-order valence-corrected chi connectivity index (χ4v) is 3.41. The molecule has 0 aliphatic rings. The Morgan fingerprint density at radius 2 is 1.86 bits per heavy atom. The van der Waals surface area contributed by atoms with E-state index < -0.39 is 0 Å². The molecule has 1 heterocycles. The monoisotopic (exact) mass is 411 g/mol. The summed E-state index contributed by atoms with van der Waals surface area (Å²) < 4.78 is 7.03. The van der Waals surface area contributed by atoms with Crippen LogP contribution in [0.5, 0.6) is 5.75 Å². The number of methoxy groups -OCH3 is 1. The van der Waals surface area contributed by atoms with Crippen molar-refractivity contribution in [1.29, 1.82) is 0 Å². The third-order valence-electron chi connectivity index (χ3n) is 4.28. The predicted octanol–water partition coefficient (Wildman–Crippen LogP) is 3.11. The van der Waals surface area contributed by atoms with E-state index in [9.17, 15) is 4.79 Å². The number of carbonyl (C=O) groups excluding carboxylic acids is 1. The third kappa shape index (κ3) is 6.07. The first-order chi connectivity index (χ1) is 14.0. The lowest BCUT2D eigenvalue weighted by Crippen LogP contribution is -2.15. The molecule has 8 heteroatoms. The van der Waals surface area contributed by atoms with Crippen molar-refractivity contribution in [2.75, 3.05) is 38.8 Å². The molecule has 0 atom stereocenters. The molecule has 0 saturated heterocycles. The maximum atomic E-state index is 12.3. The third-order valence-corrected chi connectivity index (χ3v) is 5.23. The molecule has 0 spiro atoms. The normalized spacial score (nSPS) is 10.9. The number of hydrogen-bond acceptors (Lipinski definition) is 6. The number of benzene rings is 2. The zero-order chi connectivity index (χ0) is 20.6. The molecule has 1 N–H and O–H groups in total. The fraction of sp³-hybridized carbons (Fsp3) is 0.286. The Bertz CT molecular complexity index is 923. The van der Waals surface area contributed by atoms with Gasteiger partial charge < -0.3 is 15.0 Å². The summed E-state index contributed by atoms with van der Waals surface area (Å²) in [6, 6.07) is 15.6. The summed E-state index contributed by atoms with van der Waals surface area (Å²) in [5, 5.41) is 11.7. The zero-order valence-corrected chi connectivity index (χ0v) is 17.6. The Hall–Kier alpha value is -2.84. The Labute approximate surface area is 175 Å². The maximum Gasteiger partial charge on any atom is 0.234 e. The van der Waals surface area contributed by atoms with Gasteiger partial charge in [-0.2, -0.15) is 0 Å². The molecule has 0 fully saturated rings. The van der Waals surface area contributed by atoms with Crippen LogP contribution in [0.15, 0.2) is 60.0 Å². The molecule has 0 saturated carbocycles. The number of likely N-dealkylation sites (N-methyl/N-ethyl adjacent to an activating group) is 1. The number of anilines is 1. The van der Waals surface area contributed by atoms with Crippen molar-refractivity contribution >= 4 is 23.4 Å². The van der Waals surface area contributed by atoms with Crippen LogP contribution in [-0.4, -0.2) is 59.1 Å². The molecule has 0 bridgehead atoms. The number of carbonyl (C=O) groups is 1. The molecule has 1 amide bonds. The van der Waals surface area contributed by atoms with Gasteiger partial charge in [0.1, 0.15) is 12.1 Å². The molecule has 0 aliphatic heterocycles. The van der Waals surface area contributed by atoms with Crippen LogP contribution in [-0.2, 0) is 11.2 Å². The standard InChI is InChI=1S/C21H25N5O2S/c1-25(2)13-12-16-4-6-17(7-5-16)23-20(27)14-29-21-24-22-15-26(21)18-8-10-19(28-3)11-9-18/h4-11,15H,12-14H2,1-3H3,(H,23,27). The Morgan fingerprint density at radius 1 is 1.14 bits per heavy atom. The van der Waals surface area contributed by atoms with Crippen LogP contribution in [0.25, 0.3) is 5.69 Å². The van der Waals surface area contributed by atoms with E-state index in [0.29, 0.717) is 5.16 Å². The lowest BCUT2D eigenvalue weighted by atomic mass is 10.1. The van der Waals surface area contributed by atoms with Gasteiger partial charge in [-0.05, 0) is 62.5 Å². The van der Waals surface area contributed by atoms with E-state index >= 15 is 0 Å². The van der Waals surface area contributed by atoms with Crippen molar-refractivity contribution < 1.29 is 9.53 Å². The van der Waals surface area contributed by atoms with Crippen molar-refractivity contribution in [3.05, 3.63) is 60.4 Å². The number of ether oxygens (including phenoxy) is 1. The van der Waals surface area contributed by atoms with Crippen LogP contribution in [0.3, 0.4) is 0 Å². The minimum absolute atomic E-state index is 0.0830. The highest BCUT2D eigenvalue weighted by atomic mass is 32.2.